The first kappa shape index (κ1) is 12.7. The van der Waals surface area contributed by atoms with E-state index in [1.165, 1.54) is 0 Å². The lowest BCUT2D eigenvalue weighted by atomic mass is 10.2. The van der Waals surface area contributed by atoms with Gasteiger partial charge in [0.2, 0.25) is 0 Å². The van der Waals surface area contributed by atoms with Crippen molar-refractivity contribution in [1.29, 1.82) is 5.26 Å². The molecule has 4 nitrogen and oxygen atoms in total. The van der Waals surface area contributed by atoms with E-state index in [2.05, 4.69) is 27.1 Å². The fourth-order valence-electron chi connectivity index (χ4n) is 1.69. The second-order valence-electron chi connectivity index (χ2n) is 3.98. The minimum absolute atomic E-state index is 0.493. The number of benzene rings is 1. The molecule has 0 saturated heterocycles. The van der Waals surface area contributed by atoms with E-state index in [1.54, 1.807) is 16.8 Å². The molecule has 0 unspecified atom stereocenters. The van der Waals surface area contributed by atoms with Crippen LogP contribution in [-0.4, -0.2) is 9.78 Å². The minimum atomic E-state index is 0.493. The maximum Gasteiger partial charge on any atom is 0.171 e. The van der Waals surface area contributed by atoms with E-state index in [0.717, 1.165) is 15.9 Å². The highest BCUT2D eigenvalue weighted by Gasteiger charge is 2.13. The van der Waals surface area contributed by atoms with Gasteiger partial charge in [-0.05, 0) is 32.0 Å². The number of ether oxygens (including phenoxy) is 1. The molecule has 0 fully saturated rings. The van der Waals surface area contributed by atoms with Crippen LogP contribution in [0.3, 0.4) is 0 Å². The van der Waals surface area contributed by atoms with Gasteiger partial charge in [0.1, 0.15) is 17.5 Å². The molecule has 0 aliphatic rings. The van der Waals surface area contributed by atoms with Gasteiger partial charge in [-0.15, -0.1) is 0 Å². The highest BCUT2D eigenvalue weighted by molar-refractivity contribution is 9.10. The van der Waals surface area contributed by atoms with Crippen LogP contribution < -0.4 is 4.74 Å². The second kappa shape index (κ2) is 4.83. The van der Waals surface area contributed by atoms with Crippen LogP contribution in [0.5, 0.6) is 11.5 Å². The number of aromatic nitrogens is 2. The summed E-state index contributed by atoms with van der Waals surface area (Å²) in [6.07, 6.45) is 0. The van der Waals surface area contributed by atoms with Crippen molar-refractivity contribution in [2.75, 3.05) is 0 Å². The summed E-state index contributed by atoms with van der Waals surface area (Å²) in [5.41, 5.74) is 2.23. The summed E-state index contributed by atoms with van der Waals surface area (Å²) in [6, 6.07) is 7.47. The van der Waals surface area contributed by atoms with E-state index in [1.807, 2.05) is 27.0 Å². The Morgan fingerprint density at radius 3 is 2.67 bits per heavy atom. The molecule has 2 rings (SSSR count). The van der Waals surface area contributed by atoms with Crippen LogP contribution in [0.15, 0.2) is 22.7 Å². The first-order valence-electron chi connectivity index (χ1n) is 5.40. The lowest BCUT2D eigenvalue weighted by Crippen LogP contribution is -1.94. The summed E-state index contributed by atoms with van der Waals surface area (Å²) >= 11 is 3.33. The SMILES string of the molecule is Cc1nn(C)c(C)c1Oc1ccc(Br)cc1C#N. The number of rotatable bonds is 2. The van der Waals surface area contributed by atoms with Crippen molar-refractivity contribution in [3.63, 3.8) is 0 Å². The molecule has 2 aromatic rings. The zero-order valence-electron chi connectivity index (χ0n) is 10.4. The zero-order valence-corrected chi connectivity index (χ0v) is 11.9. The van der Waals surface area contributed by atoms with Gasteiger partial charge in [-0.1, -0.05) is 15.9 Å². The Labute approximate surface area is 114 Å². The molecule has 1 heterocycles. The van der Waals surface area contributed by atoms with Crippen LogP contribution in [-0.2, 0) is 7.05 Å². The van der Waals surface area contributed by atoms with Gasteiger partial charge in [0.05, 0.1) is 11.3 Å². The smallest absolute Gasteiger partial charge is 0.171 e. The molecule has 0 amide bonds. The molecule has 0 bridgehead atoms. The molecular weight excluding hydrogens is 294 g/mol. The summed E-state index contributed by atoms with van der Waals surface area (Å²) in [5.74, 6) is 1.25. The molecular formula is C13H12BrN3O. The van der Waals surface area contributed by atoms with Crippen molar-refractivity contribution in [3.05, 3.63) is 39.6 Å². The molecule has 0 radical (unpaired) electrons. The Balaban J connectivity index is 2.44. The predicted molar refractivity (Wildman–Crippen MR) is 71.6 cm³/mol. The molecule has 0 spiro atoms. The van der Waals surface area contributed by atoms with Gasteiger partial charge in [0.15, 0.2) is 5.75 Å². The average molecular weight is 306 g/mol. The van der Waals surface area contributed by atoms with E-state index >= 15 is 0 Å². The van der Waals surface area contributed by atoms with Gasteiger partial charge in [0.25, 0.3) is 0 Å². The second-order valence-corrected chi connectivity index (χ2v) is 4.89. The number of nitrogens with zero attached hydrogens (tertiary/aromatic N) is 3. The summed E-state index contributed by atoms with van der Waals surface area (Å²) < 4.78 is 8.42. The van der Waals surface area contributed by atoms with Crippen LogP contribution in [0.4, 0.5) is 0 Å². The predicted octanol–water partition coefficient (Wildman–Crippen LogP) is 3.46. The lowest BCUT2D eigenvalue weighted by Gasteiger charge is -2.07. The zero-order chi connectivity index (χ0) is 13.3. The molecule has 92 valence electrons. The molecule has 0 N–H and O–H groups in total. The van der Waals surface area contributed by atoms with E-state index in [-0.39, 0.29) is 0 Å². The van der Waals surface area contributed by atoms with Crippen molar-refractivity contribution < 1.29 is 4.74 Å². The largest absolute Gasteiger partial charge is 0.452 e. The first-order chi connectivity index (χ1) is 8.52. The van der Waals surface area contributed by atoms with Crippen molar-refractivity contribution in [1.82, 2.24) is 9.78 Å². The van der Waals surface area contributed by atoms with Crippen molar-refractivity contribution >= 4 is 15.9 Å². The van der Waals surface area contributed by atoms with Crippen LogP contribution in [0, 0.1) is 25.2 Å². The van der Waals surface area contributed by atoms with Crippen LogP contribution >= 0.6 is 15.9 Å². The topological polar surface area (TPSA) is 50.8 Å². The fraction of sp³-hybridized carbons (Fsp3) is 0.231. The maximum atomic E-state index is 9.09. The van der Waals surface area contributed by atoms with Gasteiger partial charge in [0, 0.05) is 11.5 Å². The van der Waals surface area contributed by atoms with Gasteiger partial charge in [-0.25, -0.2) is 0 Å². The Bertz CT molecular complexity index is 640. The van der Waals surface area contributed by atoms with Crippen LogP contribution in [0.1, 0.15) is 17.0 Å². The fourth-order valence-corrected chi connectivity index (χ4v) is 2.05. The van der Waals surface area contributed by atoms with Crippen molar-refractivity contribution in [2.45, 2.75) is 13.8 Å². The molecule has 5 heteroatoms. The van der Waals surface area contributed by atoms with E-state index in [0.29, 0.717) is 17.1 Å². The molecule has 0 aliphatic carbocycles. The third kappa shape index (κ3) is 2.24. The quantitative estimate of drug-likeness (QED) is 0.853. The van der Waals surface area contributed by atoms with E-state index in [9.17, 15) is 0 Å². The van der Waals surface area contributed by atoms with Crippen molar-refractivity contribution in [3.8, 4) is 17.6 Å². The summed E-state index contributed by atoms with van der Waals surface area (Å²) in [5, 5.41) is 13.4. The molecule has 1 aromatic heterocycles. The normalized spacial score (nSPS) is 10.2. The third-order valence-electron chi connectivity index (χ3n) is 2.72. The first-order valence-corrected chi connectivity index (χ1v) is 6.20. The Morgan fingerprint density at radius 2 is 2.11 bits per heavy atom. The van der Waals surface area contributed by atoms with Crippen molar-refractivity contribution in [2.24, 2.45) is 7.05 Å². The van der Waals surface area contributed by atoms with Crippen LogP contribution in [0.25, 0.3) is 0 Å². The number of nitriles is 1. The monoisotopic (exact) mass is 305 g/mol. The Hall–Kier alpha value is -1.80. The Morgan fingerprint density at radius 1 is 1.39 bits per heavy atom. The van der Waals surface area contributed by atoms with E-state index in [4.69, 9.17) is 10.00 Å². The molecule has 0 atom stereocenters. The molecule has 0 aliphatic heterocycles. The molecule has 18 heavy (non-hydrogen) atoms. The highest BCUT2D eigenvalue weighted by Crippen LogP contribution is 2.31. The average Bonchev–Trinajstić information content (AvgIpc) is 2.58. The van der Waals surface area contributed by atoms with Gasteiger partial charge < -0.3 is 4.74 Å². The minimum Gasteiger partial charge on any atom is -0.452 e. The standard InChI is InChI=1S/C13H12BrN3O/c1-8-13(9(2)17(3)16-8)18-12-5-4-11(14)6-10(12)7-15/h4-6H,1-3H3. The number of halogens is 1. The molecule has 0 saturated carbocycles. The summed E-state index contributed by atoms with van der Waals surface area (Å²) in [7, 11) is 1.86. The molecule has 1 aromatic carbocycles. The Kier molecular flexibility index (Phi) is 3.39. The number of aryl methyl sites for hydroxylation is 2. The third-order valence-corrected chi connectivity index (χ3v) is 3.21. The maximum absolute atomic E-state index is 9.09. The van der Waals surface area contributed by atoms with Gasteiger partial charge in [-0.3, -0.25) is 4.68 Å². The van der Waals surface area contributed by atoms with Crippen LogP contribution in [0.2, 0.25) is 0 Å². The highest BCUT2D eigenvalue weighted by atomic mass is 79.9. The number of hydrogen-bond donors (Lipinski definition) is 0. The summed E-state index contributed by atoms with van der Waals surface area (Å²) in [6.45, 7) is 3.81. The lowest BCUT2D eigenvalue weighted by molar-refractivity contribution is 0.472. The van der Waals surface area contributed by atoms with Gasteiger partial charge >= 0.3 is 0 Å². The van der Waals surface area contributed by atoms with Gasteiger partial charge in [-0.2, -0.15) is 10.4 Å². The number of hydrogen-bond acceptors (Lipinski definition) is 3. The summed E-state index contributed by atoms with van der Waals surface area (Å²) in [4.78, 5) is 0. The van der Waals surface area contributed by atoms with E-state index < -0.39 is 0 Å².